The zero-order valence-electron chi connectivity index (χ0n) is 15.2. The summed E-state index contributed by atoms with van der Waals surface area (Å²) in [6.45, 7) is 3.27. The van der Waals surface area contributed by atoms with E-state index in [-0.39, 0.29) is 22.8 Å². The zero-order valence-corrected chi connectivity index (χ0v) is 15.2. The molecule has 1 saturated heterocycles. The van der Waals surface area contributed by atoms with Gasteiger partial charge in [-0.15, -0.1) is 0 Å². The fourth-order valence-corrected chi connectivity index (χ4v) is 4.06. The number of carbonyl (C=O) groups is 1. The molecule has 0 spiro atoms. The first kappa shape index (κ1) is 18.2. The van der Waals surface area contributed by atoms with Crippen LogP contribution in [0.5, 0.6) is 5.75 Å². The minimum absolute atomic E-state index is 0.0848. The third-order valence-corrected chi connectivity index (χ3v) is 5.69. The maximum atomic E-state index is 12.8. The highest BCUT2D eigenvalue weighted by molar-refractivity contribution is 5.71. The predicted octanol–water partition coefficient (Wildman–Crippen LogP) is 4.32. The molecule has 0 amide bonds. The van der Waals surface area contributed by atoms with Gasteiger partial charge in [0.25, 0.3) is 0 Å². The van der Waals surface area contributed by atoms with E-state index in [0.29, 0.717) is 18.8 Å². The molecule has 1 aromatic rings. The average molecular weight is 347 g/mol. The lowest BCUT2D eigenvalue weighted by atomic mass is 9.99. The third kappa shape index (κ3) is 4.33. The van der Waals surface area contributed by atoms with Gasteiger partial charge in [0.1, 0.15) is 17.0 Å². The maximum Gasteiger partial charge on any atom is 0.344 e. The van der Waals surface area contributed by atoms with Crippen molar-refractivity contribution in [2.24, 2.45) is 0 Å². The molecule has 0 N–H and O–H groups in total. The molecule has 3 rings (SSSR count). The van der Waals surface area contributed by atoms with E-state index >= 15 is 0 Å². The van der Waals surface area contributed by atoms with E-state index in [1.54, 1.807) is 12.1 Å². The molecular formula is C20H29NO4. The van der Waals surface area contributed by atoms with Crippen LogP contribution in [-0.4, -0.2) is 31.3 Å². The van der Waals surface area contributed by atoms with Crippen molar-refractivity contribution in [2.75, 3.05) is 19.7 Å². The average Bonchev–Trinajstić information content (AvgIpc) is 3.10. The molecule has 0 aromatic heterocycles. The standard InChI is InChI=1S/C20H29NO4/c1-2-20(12-4-5-13-20)25-19(22)16-24-18-10-8-17(9-11-18)21(23)14-6-3-7-15-21/h8-11H,2-7,12-16H2,1H3. The molecule has 1 saturated carbocycles. The molecule has 1 aliphatic heterocycles. The van der Waals surface area contributed by atoms with Crippen LogP contribution < -0.4 is 9.38 Å². The molecule has 25 heavy (non-hydrogen) atoms. The largest absolute Gasteiger partial charge is 0.627 e. The van der Waals surface area contributed by atoms with E-state index in [4.69, 9.17) is 9.47 Å². The van der Waals surface area contributed by atoms with Crippen molar-refractivity contribution in [1.29, 1.82) is 0 Å². The Kier molecular flexibility index (Phi) is 5.64. The van der Waals surface area contributed by atoms with Crippen LogP contribution in [0.3, 0.4) is 0 Å². The summed E-state index contributed by atoms with van der Waals surface area (Å²) in [7, 11) is 0. The first-order valence-electron chi connectivity index (χ1n) is 9.59. The number of ether oxygens (including phenoxy) is 2. The normalized spacial score (nSPS) is 21.7. The molecule has 2 fully saturated rings. The van der Waals surface area contributed by atoms with Crippen LogP contribution in [0.15, 0.2) is 24.3 Å². The second kappa shape index (κ2) is 7.75. The summed E-state index contributed by atoms with van der Waals surface area (Å²) in [5.41, 5.74) is 0.489. The lowest BCUT2D eigenvalue weighted by molar-refractivity contribution is -0.162. The zero-order chi connectivity index (χ0) is 17.8. The number of piperidine rings is 1. The number of hydrogen-bond donors (Lipinski definition) is 0. The Bertz CT molecular complexity index is 572. The van der Waals surface area contributed by atoms with Gasteiger partial charge in [-0.1, -0.05) is 6.92 Å². The minimum Gasteiger partial charge on any atom is -0.627 e. The fraction of sp³-hybridized carbons (Fsp3) is 0.650. The molecule has 0 unspecified atom stereocenters. The van der Waals surface area contributed by atoms with Crippen LogP contribution in [0.4, 0.5) is 5.69 Å². The van der Waals surface area contributed by atoms with Gasteiger partial charge >= 0.3 is 5.97 Å². The number of carbonyl (C=O) groups excluding carboxylic acids is 1. The molecule has 1 heterocycles. The van der Waals surface area contributed by atoms with Gasteiger partial charge in [-0.3, -0.25) is 0 Å². The number of esters is 1. The maximum absolute atomic E-state index is 12.8. The van der Waals surface area contributed by atoms with Crippen molar-refractivity contribution in [3.05, 3.63) is 29.5 Å². The molecule has 0 bridgehead atoms. The first-order chi connectivity index (χ1) is 12.1. The van der Waals surface area contributed by atoms with Gasteiger partial charge in [-0.25, -0.2) is 4.79 Å². The number of rotatable bonds is 6. The summed E-state index contributed by atoms with van der Waals surface area (Å²) in [6, 6.07) is 7.20. The third-order valence-electron chi connectivity index (χ3n) is 5.69. The quantitative estimate of drug-likeness (QED) is 0.437. The van der Waals surface area contributed by atoms with Crippen molar-refractivity contribution < 1.29 is 14.3 Å². The summed E-state index contributed by atoms with van der Waals surface area (Å²) in [4.78, 5) is 12.1. The Labute approximate surface area is 150 Å². The molecule has 0 radical (unpaired) electrons. The van der Waals surface area contributed by atoms with E-state index in [1.807, 2.05) is 12.1 Å². The Hall–Kier alpha value is -1.59. The summed E-state index contributed by atoms with van der Waals surface area (Å²) >= 11 is 0. The van der Waals surface area contributed by atoms with Crippen molar-refractivity contribution in [3.63, 3.8) is 0 Å². The molecular weight excluding hydrogens is 318 g/mol. The highest BCUT2D eigenvalue weighted by Gasteiger charge is 2.35. The number of benzene rings is 1. The second-order valence-corrected chi connectivity index (χ2v) is 7.40. The van der Waals surface area contributed by atoms with Gasteiger partial charge in [0.2, 0.25) is 0 Å². The van der Waals surface area contributed by atoms with Crippen LogP contribution in [0.2, 0.25) is 0 Å². The number of hydroxylamine groups is 2. The summed E-state index contributed by atoms with van der Waals surface area (Å²) in [6.07, 6.45) is 8.11. The molecule has 5 heteroatoms. The Morgan fingerprint density at radius 3 is 2.32 bits per heavy atom. The molecule has 2 aliphatic rings. The van der Waals surface area contributed by atoms with Crippen LogP contribution in [0.25, 0.3) is 0 Å². The molecule has 138 valence electrons. The van der Waals surface area contributed by atoms with Crippen LogP contribution in [0, 0.1) is 5.21 Å². The monoisotopic (exact) mass is 347 g/mol. The van der Waals surface area contributed by atoms with Crippen molar-refractivity contribution in [2.45, 2.75) is 63.9 Å². The highest BCUT2D eigenvalue weighted by atomic mass is 16.6. The van der Waals surface area contributed by atoms with Gasteiger partial charge in [-0.05, 0) is 63.5 Å². The van der Waals surface area contributed by atoms with E-state index in [9.17, 15) is 10.0 Å². The van der Waals surface area contributed by atoms with Crippen LogP contribution >= 0.6 is 0 Å². The van der Waals surface area contributed by atoms with Gasteiger partial charge < -0.3 is 19.3 Å². The molecule has 1 aliphatic carbocycles. The number of quaternary nitrogens is 1. The Balaban J connectivity index is 1.52. The van der Waals surface area contributed by atoms with Crippen LogP contribution in [0.1, 0.15) is 58.3 Å². The lowest BCUT2D eigenvalue weighted by Gasteiger charge is -2.44. The number of hydrogen-bond acceptors (Lipinski definition) is 4. The van der Waals surface area contributed by atoms with Gasteiger partial charge in [0.15, 0.2) is 6.61 Å². The fourth-order valence-electron chi connectivity index (χ4n) is 4.06. The second-order valence-electron chi connectivity index (χ2n) is 7.40. The summed E-state index contributed by atoms with van der Waals surface area (Å²) in [5.74, 6) is 0.289. The topological polar surface area (TPSA) is 58.6 Å². The lowest BCUT2D eigenvalue weighted by Crippen LogP contribution is -2.47. The SMILES string of the molecule is CCC1(OC(=O)COc2ccc([N+]3([O-])CCCCC3)cc2)CCCC1. The van der Waals surface area contributed by atoms with E-state index in [0.717, 1.165) is 57.1 Å². The van der Waals surface area contributed by atoms with Gasteiger partial charge in [-0.2, -0.15) is 0 Å². The van der Waals surface area contributed by atoms with E-state index < -0.39 is 0 Å². The smallest absolute Gasteiger partial charge is 0.344 e. The first-order valence-corrected chi connectivity index (χ1v) is 9.59. The summed E-state index contributed by atoms with van der Waals surface area (Å²) < 4.78 is 11.0. The predicted molar refractivity (Wildman–Crippen MR) is 98.3 cm³/mol. The van der Waals surface area contributed by atoms with Crippen molar-refractivity contribution >= 4 is 11.7 Å². The Morgan fingerprint density at radius 1 is 1.08 bits per heavy atom. The Morgan fingerprint density at radius 2 is 1.72 bits per heavy atom. The van der Waals surface area contributed by atoms with Crippen molar-refractivity contribution in [3.8, 4) is 5.75 Å². The van der Waals surface area contributed by atoms with Crippen molar-refractivity contribution in [1.82, 2.24) is 4.65 Å². The van der Waals surface area contributed by atoms with Crippen LogP contribution in [-0.2, 0) is 9.53 Å². The van der Waals surface area contributed by atoms with Gasteiger partial charge in [0.05, 0.1) is 13.1 Å². The van der Waals surface area contributed by atoms with E-state index in [1.165, 1.54) is 0 Å². The highest BCUT2D eigenvalue weighted by Crippen LogP contribution is 2.36. The number of nitrogens with zero attached hydrogens (tertiary/aromatic N) is 1. The van der Waals surface area contributed by atoms with E-state index in [2.05, 4.69) is 6.92 Å². The molecule has 1 aromatic carbocycles. The van der Waals surface area contributed by atoms with Gasteiger partial charge in [0, 0.05) is 12.1 Å². The molecule has 5 nitrogen and oxygen atoms in total. The summed E-state index contributed by atoms with van der Waals surface area (Å²) in [5, 5.41) is 12.8. The minimum atomic E-state index is -0.309. The molecule has 0 atom stereocenters.